The number of benzene rings is 2. The molecule has 0 bridgehead atoms. The van der Waals surface area contributed by atoms with Crippen LogP contribution in [0.2, 0.25) is 5.02 Å². The van der Waals surface area contributed by atoms with Crippen LogP contribution in [0.25, 0.3) is 0 Å². The van der Waals surface area contributed by atoms with Crippen LogP contribution in [0.1, 0.15) is 11.1 Å². The molecule has 0 saturated carbocycles. The van der Waals surface area contributed by atoms with Gasteiger partial charge in [-0.2, -0.15) is 0 Å². The molecule has 3 rings (SSSR count). The number of halogens is 1. The highest BCUT2D eigenvalue weighted by molar-refractivity contribution is 6.30. The van der Waals surface area contributed by atoms with Gasteiger partial charge in [-0.25, -0.2) is 0 Å². The summed E-state index contributed by atoms with van der Waals surface area (Å²) in [5, 5.41) is 0.789. The van der Waals surface area contributed by atoms with Gasteiger partial charge in [0.2, 0.25) is 5.75 Å². The molecule has 1 aliphatic heterocycles. The lowest BCUT2D eigenvalue weighted by atomic mass is 10.1. The number of ether oxygens (including phenoxy) is 3. The summed E-state index contributed by atoms with van der Waals surface area (Å²) in [5.74, 6) is 2.02. The third kappa shape index (κ3) is 4.42. The fraction of sp³-hybridized carbons (Fsp3) is 0.429. The number of hydrogen-bond acceptors (Lipinski definition) is 5. The van der Waals surface area contributed by atoms with Gasteiger partial charge in [-0.3, -0.25) is 4.90 Å². The van der Waals surface area contributed by atoms with Crippen LogP contribution in [0.3, 0.4) is 0 Å². The summed E-state index contributed by atoms with van der Waals surface area (Å²) in [5.41, 5.74) is 3.65. The van der Waals surface area contributed by atoms with Gasteiger partial charge in [-0.05, 0) is 48.4 Å². The molecule has 2 aromatic carbocycles. The van der Waals surface area contributed by atoms with Crippen LogP contribution in [0.4, 0.5) is 5.69 Å². The van der Waals surface area contributed by atoms with Gasteiger partial charge < -0.3 is 19.1 Å². The number of piperazine rings is 1. The van der Waals surface area contributed by atoms with E-state index in [4.69, 9.17) is 25.8 Å². The number of rotatable bonds is 6. The van der Waals surface area contributed by atoms with Gasteiger partial charge in [0, 0.05) is 43.4 Å². The van der Waals surface area contributed by atoms with E-state index in [-0.39, 0.29) is 0 Å². The van der Waals surface area contributed by atoms with Crippen LogP contribution in [0.15, 0.2) is 30.3 Å². The molecule has 0 unspecified atom stereocenters. The molecule has 2 aromatic rings. The zero-order chi connectivity index (χ0) is 19.4. The van der Waals surface area contributed by atoms with E-state index in [9.17, 15) is 0 Å². The molecule has 0 radical (unpaired) electrons. The Kier molecular flexibility index (Phi) is 6.34. The third-order valence-electron chi connectivity index (χ3n) is 5.00. The molecule has 6 heteroatoms. The number of methoxy groups -OCH3 is 3. The van der Waals surface area contributed by atoms with Crippen molar-refractivity contribution in [1.82, 2.24) is 4.90 Å². The first-order valence-corrected chi connectivity index (χ1v) is 9.46. The second kappa shape index (κ2) is 8.72. The Morgan fingerprint density at radius 3 is 2.04 bits per heavy atom. The standard InChI is InChI=1S/C21H27ClN2O3/c1-15-11-17(22)5-6-18(15)24-9-7-23(8-10-24)14-16-12-19(25-2)21(27-4)20(13-16)26-3/h5-6,11-13H,7-10,14H2,1-4H3. The summed E-state index contributed by atoms with van der Waals surface area (Å²) in [4.78, 5) is 4.87. The summed E-state index contributed by atoms with van der Waals surface area (Å²) in [6.07, 6.45) is 0. The number of aryl methyl sites for hydroxylation is 1. The highest BCUT2D eigenvalue weighted by Gasteiger charge is 2.20. The minimum atomic E-state index is 0.631. The van der Waals surface area contributed by atoms with Gasteiger partial charge in [0.05, 0.1) is 21.3 Å². The maximum Gasteiger partial charge on any atom is 0.203 e. The van der Waals surface area contributed by atoms with Gasteiger partial charge >= 0.3 is 0 Å². The van der Waals surface area contributed by atoms with Crippen molar-refractivity contribution in [2.24, 2.45) is 0 Å². The first-order chi connectivity index (χ1) is 13.0. The maximum atomic E-state index is 6.08. The minimum absolute atomic E-state index is 0.631. The van der Waals surface area contributed by atoms with Gasteiger partial charge in [-0.15, -0.1) is 0 Å². The van der Waals surface area contributed by atoms with Gasteiger partial charge in [0.15, 0.2) is 11.5 Å². The Bertz CT molecular complexity index is 764. The van der Waals surface area contributed by atoms with Crippen molar-refractivity contribution in [2.75, 3.05) is 52.4 Å². The largest absolute Gasteiger partial charge is 0.493 e. The molecule has 0 atom stereocenters. The Balaban J connectivity index is 1.67. The number of anilines is 1. The smallest absolute Gasteiger partial charge is 0.203 e. The summed E-state index contributed by atoms with van der Waals surface area (Å²) < 4.78 is 16.3. The molecular formula is C21H27ClN2O3. The topological polar surface area (TPSA) is 34.2 Å². The van der Waals surface area contributed by atoms with E-state index in [2.05, 4.69) is 22.8 Å². The summed E-state index contributed by atoms with van der Waals surface area (Å²) in [6.45, 7) is 6.95. The van der Waals surface area contributed by atoms with Crippen molar-refractivity contribution < 1.29 is 14.2 Å². The zero-order valence-electron chi connectivity index (χ0n) is 16.4. The Hall–Kier alpha value is -2.11. The van der Waals surface area contributed by atoms with Crippen molar-refractivity contribution in [1.29, 1.82) is 0 Å². The number of hydrogen-bond donors (Lipinski definition) is 0. The highest BCUT2D eigenvalue weighted by Crippen LogP contribution is 2.38. The van der Waals surface area contributed by atoms with E-state index in [0.29, 0.717) is 17.2 Å². The molecule has 1 fully saturated rings. The monoisotopic (exact) mass is 390 g/mol. The minimum Gasteiger partial charge on any atom is -0.493 e. The van der Waals surface area contributed by atoms with Crippen molar-refractivity contribution in [2.45, 2.75) is 13.5 Å². The van der Waals surface area contributed by atoms with Crippen molar-refractivity contribution in [3.8, 4) is 17.2 Å². The molecule has 0 aliphatic carbocycles. The SMILES string of the molecule is COc1cc(CN2CCN(c3ccc(Cl)cc3C)CC2)cc(OC)c1OC. The first-order valence-electron chi connectivity index (χ1n) is 9.08. The van der Waals surface area contributed by atoms with Gasteiger partial charge in [0.25, 0.3) is 0 Å². The molecule has 0 spiro atoms. The first kappa shape index (κ1) is 19.6. The van der Waals surface area contributed by atoms with Crippen LogP contribution >= 0.6 is 11.6 Å². The molecule has 27 heavy (non-hydrogen) atoms. The molecule has 1 aliphatic rings. The highest BCUT2D eigenvalue weighted by atomic mass is 35.5. The van der Waals surface area contributed by atoms with Crippen molar-refractivity contribution in [3.63, 3.8) is 0 Å². The fourth-order valence-electron chi connectivity index (χ4n) is 3.61. The molecule has 1 heterocycles. The van der Waals surface area contributed by atoms with E-state index in [1.165, 1.54) is 11.3 Å². The second-order valence-corrected chi connectivity index (χ2v) is 7.16. The molecule has 0 N–H and O–H groups in total. The molecule has 146 valence electrons. The van der Waals surface area contributed by atoms with E-state index in [1.807, 2.05) is 24.3 Å². The van der Waals surface area contributed by atoms with E-state index in [0.717, 1.165) is 43.3 Å². The van der Waals surface area contributed by atoms with Crippen LogP contribution in [-0.2, 0) is 6.54 Å². The third-order valence-corrected chi connectivity index (χ3v) is 5.24. The Morgan fingerprint density at radius 2 is 1.52 bits per heavy atom. The fourth-order valence-corrected chi connectivity index (χ4v) is 3.83. The summed E-state index contributed by atoms with van der Waals surface area (Å²) in [6, 6.07) is 10.2. The van der Waals surface area contributed by atoms with Gasteiger partial charge in [0.1, 0.15) is 0 Å². The van der Waals surface area contributed by atoms with Crippen LogP contribution in [-0.4, -0.2) is 52.4 Å². The quantitative estimate of drug-likeness (QED) is 0.744. The lowest BCUT2D eigenvalue weighted by molar-refractivity contribution is 0.248. The lowest BCUT2D eigenvalue weighted by Gasteiger charge is -2.37. The molecular weight excluding hydrogens is 364 g/mol. The van der Waals surface area contributed by atoms with E-state index in [1.54, 1.807) is 21.3 Å². The number of nitrogens with zero attached hydrogens (tertiary/aromatic N) is 2. The summed E-state index contributed by atoms with van der Waals surface area (Å²) in [7, 11) is 4.92. The molecule has 0 amide bonds. The average molecular weight is 391 g/mol. The molecule has 1 saturated heterocycles. The normalized spacial score (nSPS) is 14.9. The lowest BCUT2D eigenvalue weighted by Crippen LogP contribution is -2.46. The maximum absolute atomic E-state index is 6.08. The van der Waals surface area contributed by atoms with Crippen LogP contribution in [0, 0.1) is 6.92 Å². The van der Waals surface area contributed by atoms with Crippen LogP contribution in [0.5, 0.6) is 17.2 Å². The van der Waals surface area contributed by atoms with Crippen LogP contribution < -0.4 is 19.1 Å². The predicted octanol–water partition coefficient (Wildman–Crippen LogP) is 4.00. The molecule has 0 aromatic heterocycles. The van der Waals surface area contributed by atoms with E-state index >= 15 is 0 Å². The van der Waals surface area contributed by atoms with Crippen molar-refractivity contribution >= 4 is 17.3 Å². The Morgan fingerprint density at radius 1 is 0.889 bits per heavy atom. The second-order valence-electron chi connectivity index (χ2n) is 6.73. The predicted molar refractivity (Wildman–Crippen MR) is 110 cm³/mol. The van der Waals surface area contributed by atoms with E-state index < -0.39 is 0 Å². The average Bonchev–Trinajstić information content (AvgIpc) is 2.68. The molecule has 5 nitrogen and oxygen atoms in total. The zero-order valence-corrected chi connectivity index (χ0v) is 17.2. The summed E-state index contributed by atoms with van der Waals surface area (Å²) >= 11 is 6.08. The Labute approximate surface area is 166 Å². The van der Waals surface area contributed by atoms with Gasteiger partial charge in [-0.1, -0.05) is 11.6 Å². The van der Waals surface area contributed by atoms with Crippen molar-refractivity contribution in [3.05, 3.63) is 46.5 Å².